The van der Waals surface area contributed by atoms with Gasteiger partial charge in [-0.25, -0.2) is 4.98 Å². The summed E-state index contributed by atoms with van der Waals surface area (Å²) in [5.41, 5.74) is 2.36. The van der Waals surface area contributed by atoms with E-state index < -0.39 is 0 Å². The number of H-pyrrole nitrogens is 1. The highest BCUT2D eigenvalue weighted by Gasteiger charge is 2.16. The molecule has 3 rings (SSSR count). The molecule has 0 atom stereocenters. The van der Waals surface area contributed by atoms with Gasteiger partial charge in [-0.3, -0.25) is 4.90 Å². The van der Waals surface area contributed by atoms with Gasteiger partial charge in [0.05, 0.1) is 6.33 Å². The minimum absolute atomic E-state index is 0.725. The van der Waals surface area contributed by atoms with Gasteiger partial charge in [0, 0.05) is 41.6 Å². The van der Waals surface area contributed by atoms with Crippen molar-refractivity contribution >= 4 is 15.9 Å². The van der Waals surface area contributed by atoms with Gasteiger partial charge in [0.15, 0.2) is 0 Å². The van der Waals surface area contributed by atoms with E-state index >= 15 is 0 Å². The predicted molar refractivity (Wildman–Crippen MR) is 72.3 cm³/mol. The van der Waals surface area contributed by atoms with Crippen LogP contribution in [0.4, 0.5) is 0 Å². The Morgan fingerprint density at radius 2 is 2.39 bits per heavy atom. The van der Waals surface area contributed by atoms with Crippen LogP contribution in [0, 0.1) is 0 Å². The Balaban J connectivity index is 1.79. The number of nitrogens with one attached hydrogen (secondary N) is 1. The Morgan fingerprint density at radius 1 is 1.44 bits per heavy atom. The van der Waals surface area contributed by atoms with Crippen LogP contribution in [0.2, 0.25) is 0 Å². The summed E-state index contributed by atoms with van der Waals surface area (Å²) in [5, 5.41) is 0. The molecule has 2 aromatic rings. The molecule has 0 bridgehead atoms. The summed E-state index contributed by atoms with van der Waals surface area (Å²) in [4.78, 5) is 9.54. The molecule has 0 amide bonds. The largest absolute Gasteiger partial charge is 0.492 e. The Labute approximate surface area is 114 Å². The number of hydrogen-bond donors (Lipinski definition) is 1. The molecule has 0 fully saturated rings. The Bertz CT molecular complexity index is 527. The lowest BCUT2D eigenvalue weighted by atomic mass is 10.2. The number of aromatic amines is 1. The van der Waals surface area contributed by atoms with Crippen LogP contribution >= 0.6 is 15.9 Å². The first-order valence-electron chi connectivity index (χ1n) is 5.92. The standard InChI is InChI=1S/C13H14BrN3O/c14-11-1-2-13-10(5-11)7-17(3-4-18-13)8-12-6-15-9-16-12/h1-2,5-6,9H,3-4,7-8H2,(H,15,16). The number of halogens is 1. The molecule has 1 N–H and O–H groups in total. The molecule has 1 aliphatic heterocycles. The lowest BCUT2D eigenvalue weighted by Gasteiger charge is -2.18. The first-order valence-corrected chi connectivity index (χ1v) is 6.71. The lowest BCUT2D eigenvalue weighted by molar-refractivity contribution is 0.218. The zero-order valence-corrected chi connectivity index (χ0v) is 11.5. The number of aromatic nitrogens is 2. The van der Waals surface area contributed by atoms with Crippen molar-refractivity contribution in [3.05, 3.63) is 46.5 Å². The van der Waals surface area contributed by atoms with E-state index in [0.29, 0.717) is 0 Å². The van der Waals surface area contributed by atoms with E-state index in [1.54, 1.807) is 6.33 Å². The third-order valence-corrected chi connectivity index (χ3v) is 3.52. The molecule has 94 valence electrons. The summed E-state index contributed by atoms with van der Waals surface area (Å²) < 4.78 is 6.86. The van der Waals surface area contributed by atoms with E-state index in [4.69, 9.17) is 4.74 Å². The second-order valence-electron chi connectivity index (χ2n) is 4.39. The van der Waals surface area contributed by atoms with Gasteiger partial charge < -0.3 is 9.72 Å². The van der Waals surface area contributed by atoms with Crippen LogP contribution in [0.25, 0.3) is 0 Å². The molecule has 0 aliphatic carbocycles. The number of benzene rings is 1. The third kappa shape index (κ3) is 2.57. The first kappa shape index (κ1) is 11.7. The highest BCUT2D eigenvalue weighted by atomic mass is 79.9. The minimum atomic E-state index is 0.725. The molecule has 0 saturated heterocycles. The van der Waals surface area contributed by atoms with E-state index in [0.717, 1.165) is 42.2 Å². The maximum Gasteiger partial charge on any atom is 0.123 e. The van der Waals surface area contributed by atoms with Gasteiger partial charge in [0.2, 0.25) is 0 Å². The monoisotopic (exact) mass is 307 g/mol. The van der Waals surface area contributed by atoms with Crippen LogP contribution in [0.1, 0.15) is 11.3 Å². The smallest absolute Gasteiger partial charge is 0.123 e. The van der Waals surface area contributed by atoms with Crippen LogP contribution in [0.15, 0.2) is 35.2 Å². The number of nitrogens with zero attached hydrogens (tertiary/aromatic N) is 2. The predicted octanol–water partition coefficient (Wildman–Crippen LogP) is 2.57. The van der Waals surface area contributed by atoms with Crippen LogP contribution in [-0.2, 0) is 13.1 Å². The zero-order valence-electron chi connectivity index (χ0n) is 9.90. The van der Waals surface area contributed by atoms with Crippen molar-refractivity contribution < 1.29 is 4.74 Å². The van der Waals surface area contributed by atoms with Crippen LogP contribution in [0.3, 0.4) is 0 Å². The first-order chi connectivity index (χ1) is 8.81. The second-order valence-corrected chi connectivity index (χ2v) is 5.30. The van der Waals surface area contributed by atoms with Crippen LogP contribution < -0.4 is 4.74 Å². The summed E-state index contributed by atoms with van der Waals surface area (Å²) in [5.74, 6) is 0.991. The number of hydrogen-bond acceptors (Lipinski definition) is 3. The Hall–Kier alpha value is -1.33. The molecule has 0 radical (unpaired) electrons. The molecular formula is C13H14BrN3O. The topological polar surface area (TPSA) is 41.2 Å². The maximum atomic E-state index is 5.76. The maximum absolute atomic E-state index is 5.76. The molecule has 1 aromatic carbocycles. The molecule has 5 heteroatoms. The van der Waals surface area contributed by atoms with Crippen molar-refractivity contribution in [2.45, 2.75) is 13.1 Å². The normalized spacial score (nSPS) is 15.8. The average molecular weight is 308 g/mol. The fourth-order valence-corrected chi connectivity index (χ4v) is 2.57. The quantitative estimate of drug-likeness (QED) is 0.927. The highest BCUT2D eigenvalue weighted by Crippen LogP contribution is 2.26. The number of fused-ring (bicyclic) bond motifs is 1. The third-order valence-electron chi connectivity index (χ3n) is 3.03. The molecular weight excluding hydrogens is 294 g/mol. The Morgan fingerprint density at radius 3 is 3.22 bits per heavy atom. The molecule has 0 unspecified atom stereocenters. The van der Waals surface area contributed by atoms with Gasteiger partial charge in [-0.2, -0.15) is 0 Å². The van der Waals surface area contributed by atoms with Gasteiger partial charge in [-0.05, 0) is 18.2 Å². The van der Waals surface area contributed by atoms with E-state index in [1.165, 1.54) is 5.56 Å². The van der Waals surface area contributed by atoms with Crippen molar-refractivity contribution in [1.82, 2.24) is 14.9 Å². The SMILES string of the molecule is Brc1ccc2c(c1)CN(Cc1cnc[nH]1)CCO2. The molecule has 0 spiro atoms. The summed E-state index contributed by atoms with van der Waals surface area (Å²) in [6, 6.07) is 6.17. The molecule has 1 aliphatic rings. The van der Waals surface area contributed by atoms with Crippen molar-refractivity contribution in [1.29, 1.82) is 0 Å². The molecule has 1 aromatic heterocycles. The second kappa shape index (κ2) is 5.12. The molecule has 0 saturated carbocycles. The fraction of sp³-hybridized carbons (Fsp3) is 0.308. The van der Waals surface area contributed by atoms with Crippen molar-refractivity contribution in [3.8, 4) is 5.75 Å². The van der Waals surface area contributed by atoms with E-state index in [2.05, 4.69) is 36.9 Å². The Kier molecular flexibility index (Phi) is 3.34. The number of imidazole rings is 1. The summed E-state index contributed by atoms with van der Waals surface area (Å²) in [6.45, 7) is 3.41. The molecule has 18 heavy (non-hydrogen) atoms. The van der Waals surface area contributed by atoms with Gasteiger partial charge in [0.1, 0.15) is 12.4 Å². The number of ether oxygens (including phenoxy) is 1. The highest BCUT2D eigenvalue weighted by molar-refractivity contribution is 9.10. The van der Waals surface area contributed by atoms with Gasteiger partial charge in [-0.15, -0.1) is 0 Å². The van der Waals surface area contributed by atoms with Gasteiger partial charge in [0.25, 0.3) is 0 Å². The summed E-state index contributed by atoms with van der Waals surface area (Å²) in [6.07, 6.45) is 3.59. The average Bonchev–Trinajstić information content (AvgIpc) is 2.76. The summed E-state index contributed by atoms with van der Waals surface area (Å²) >= 11 is 3.51. The van der Waals surface area contributed by atoms with E-state index in [1.807, 2.05) is 18.3 Å². The lowest BCUT2D eigenvalue weighted by Crippen LogP contribution is -2.25. The van der Waals surface area contributed by atoms with Crippen LogP contribution in [0.5, 0.6) is 5.75 Å². The van der Waals surface area contributed by atoms with Crippen LogP contribution in [-0.4, -0.2) is 28.0 Å². The van der Waals surface area contributed by atoms with Crippen molar-refractivity contribution in [3.63, 3.8) is 0 Å². The van der Waals surface area contributed by atoms with E-state index in [-0.39, 0.29) is 0 Å². The minimum Gasteiger partial charge on any atom is -0.492 e. The zero-order chi connectivity index (χ0) is 12.4. The summed E-state index contributed by atoms with van der Waals surface area (Å²) in [7, 11) is 0. The number of rotatable bonds is 2. The van der Waals surface area contributed by atoms with Gasteiger partial charge >= 0.3 is 0 Å². The van der Waals surface area contributed by atoms with E-state index in [9.17, 15) is 0 Å². The van der Waals surface area contributed by atoms with Crippen molar-refractivity contribution in [2.75, 3.05) is 13.2 Å². The van der Waals surface area contributed by atoms with Crippen molar-refractivity contribution in [2.24, 2.45) is 0 Å². The molecule has 2 heterocycles. The fourth-order valence-electron chi connectivity index (χ4n) is 2.16. The molecule has 4 nitrogen and oxygen atoms in total. The van der Waals surface area contributed by atoms with Gasteiger partial charge in [-0.1, -0.05) is 15.9 Å².